The van der Waals surface area contributed by atoms with Crippen molar-refractivity contribution in [1.82, 2.24) is 4.90 Å². The lowest BCUT2D eigenvalue weighted by molar-refractivity contribution is 0.233. The van der Waals surface area contributed by atoms with Crippen LogP contribution in [0.15, 0.2) is 24.3 Å². The summed E-state index contributed by atoms with van der Waals surface area (Å²) in [5.41, 5.74) is 5.94. The number of rotatable bonds is 4. The first-order valence-electron chi connectivity index (χ1n) is 6.01. The van der Waals surface area contributed by atoms with E-state index in [9.17, 15) is 4.39 Å². The SMILES string of the molecule is CC1CN(CCOc2ccc(F)cc2)CC1N. The van der Waals surface area contributed by atoms with Gasteiger partial charge in [0, 0.05) is 25.7 Å². The van der Waals surface area contributed by atoms with Gasteiger partial charge in [-0.2, -0.15) is 0 Å². The van der Waals surface area contributed by atoms with Crippen LogP contribution in [0.4, 0.5) is 4.39 Å². The van der Waals surface area contributed by atoms with E-state index in [-0.39, 0.29) is 11.9 Å². The Balaban J connectivity index is 1.71. The molecule has 1 saturated heterocycles. The van der Waals surface area contributed by atoms with Crippen LogP contribution in [-0.2, 0) is 0 Å². The van der Waals surface area contributed by atoms with Crippen molar-refractivity contribution in [3.63, 3.8) is 0 Å². The van der Waals surface area contributed by atoms with E-state index in [1.165, 1.54) is 12.1 Å². The predicted octanol–water partition coefficient (Wildman–Crippen LogP) is 1.48. The summed E-state index contributed by atoms with van der Waals surface area (Å²) >= 11 is 0. The van der Waals surface area contributed by atoms with Gasteiger partial charge in [0.25, 0.3) is 0 Å². The van der Waals surface area contributed by atoms with Gasteiger partial charge in [0.1, 0.15) is 18.2 Å². The van der Waals surface area contributed by atoms with Crippen molar-refractivity contribution in [2.24, 2.45) is 11.7 Å². The zero-order valence-electron chi connectivity index (χ0n) is 10.1. The molecule has 2 N–H and O–H groups in total. The van der Waals surface area contributed by atoms with Crippen LogP contribution in [0.1, 0.15) is 6.92 Å². The first-order chi connectivity index (χ1) is 8.15. The van der Waals surface area contributed by atoms with Crippen LogP contribution in [-0.4, -0.2) is 37.2 Å². The van der Waals surface area contributed by atoms with Crippen molar-refractivity contribution >= 4 is 0 Å². The number of halogens is 1. The van der Waals surface area contributed by atoms with E-state index in [4.69, 9.17) is 10.5 Å². The van der Waals surface area contributed by atoms with Gasteiger partial charge in [-0.1, -0.05) is 6.92 Å². The summed E-state index contributed by atoms with van der Waals surface area (Å²) in [6, 6.07) is 6.38. The summed E-state index contributed by atoms with van der Waals surface area (Å²) < 4.78 is 18.2. The molecule has 2 rings (SSSR count). The molecule has 0 amide bonds. The number of ether oxygens (including phenoxy) is 1. The Labute approximate surface area is 101 Å². The Morgan fingerprint density at radius 2 is 2.06 bits per heavy atom. The van der Waals surface area contributed by atoms with Gasteiger partial charge in [-0.15, -0.1) is 0 Å². The summed E-state index contributed by atoms with van der Waals surface area (Å²) in [6.07, 6.45) is 0. The van der Waals surface area contributed by atoms with Gasteiger partial charge < -0.3 is 10.5 Å². The molecular weight excluding hydrogens is 219 g/mol. The Morgan fingerprint density at radius 3 is 2.65 bits per heavy atom. The molecule has 3 nitrogen and oxygen atoms in total. The summed E-state index contributed by atoms with van der Waals surface area (Å²) in [5, 5.41) is 0. The van der Waals surface area contributed by atoms with Crippen LogP contribution in [0.25, 0.3) is 0 Å². The molecular formula is C13H19FN2O. The summed E-state index contributed by atoms with van der Waals surface area (Å²) in [6.45, 7) is 5.63. The first kappa shape index (κ1) is 12.3. The van der Waals surface area contributed by atoms with Crippen LogP contribution in [0.3, 0.4) is 0 Å². The van der Waals surface area contributed by atoms with Gasteiger partial charge in [0.2, 0.25) is 0 Å². The van der Waals surface area contributed by atoms with Crippen molar-refractivity contribution in [3.8, 4) is 5.75 Å². The molecule has 0 aliphatic carbocycles. The number of benzene rings is 1. The molecule has 1 fully saturated rings. The molecule has 0 spiro atoms. The maximum absolute atomic E-state index is 12.7. The highest BCUT2D eigenvalue weighted by Gasteiger charge is 2.25. The Morgan fingerprint density at radius 1 is 1.35 bits per heavy atom. The Hall–Kier alpha value is -1.13. The minimum absolute atomic E-state index is 0.239. The number of likely N-dealkylation sites (tertiary alicyclic amines) is 1. The van der Waals surface area contributed by atoms with Crippen LogP contribution in [0.5, 0.6) is 5.75 Å². The van der Waals surface area contributed by atoms with E-state index in [2.05, 4.69) is 11.8 Å². The zero-order valence-corrected chi connectivity index (χ0v) is 10.1. The van der Waals surface area contributed by atoms with Crippen LogP contribution in [0.2, 0.25) is 0 Å². The third-order valence-electron chi connectivity index (χ3n) is 3.24. The number of nitrogens with zero attached hydrogens (tertiary/aromatic N) is 1. The minimum atomic E-state index is -0.239. The minimum Gasteiger partial charge on any atom is -0.492 e. The van der Waals surface area contributed by atoms with Crippen molar-refractivity contribution in [1.29, 1.82) is 0 Å². The lowest BCUT2D eigenvalue weighted by atomic mass is 10.1. The largest absolute Gasteiger partial charge is 0.492 e. The number of nitrogens with two attached hydrogens (primary N) is 1. The van der Waals surface area contributed by atoms with Crippen molar-refractivity contribution in [2.45, 2.75) is 13.0 Å². The molecule has 1 aliphatic heterocycles. The molecule has 0 saturated carbocycles. The highest BCUT2D eigenvalue weighted by Crippen LogP contribution is 2.15. The molecule has 17 heavy (non-hydrogen) atoms. The summed E-state index contributed by atoms with van der Waals surface area (Å²) in [7, 11) is 0. The third-order valence-corrected chi connectivity index (χ3v) is 3.24. The lowest BCUT2D eigenvalue weighted by Gasteiger charge is -2.15. The second-order valence-corrected chi connectivity index (χ2v) is 4.70. The van der Waals surface area contributed by atoms with Gasteiger partial charge in [0.15, 0.2) is 0 Å². The predicted molar refractivity (Wildman–Crippen MR) is 65.5 cm³/mol. The highest BCUT2D eigenvalue weighted by molar-refractivity contribution is 5.21. The maximum atomic E-state index is 12.7. The fourth-order valence-corrected chi connectivity index (χ4v) is 2.10. The molecule has 4 heteroatoms. The Kier molecular flexibility index (Phi) is 3.97. The molecule has 1 aliphatic rings. The molecule has 1 heterocycles. The normalized spacial score (nSPS) is 25.1. The number of hydrogen-bond donors (Lipinski definition) is 1. The molecule has 0 radical (unpaired) electrons. The van der Waals surface area contributed by atoms with Gasteiger partial charge in [-0.05, 0) is 30.2 Å². The number of hydrogen-bond acceptors (Lipinski definition) is 3. The Bertz CT molecular complexity index is 345. The van der Waals surface area contributed by atoms with E-state index in [0.29, 0.717) is 18.3 Å². The van der Waals surface area contributed by atoms with Crippen molar-refractivity contribution in [2.75, 3.05) is 26.2 Å². The topological polar surface area (TPSA) is 38.5 Å². The van der Waals surface area contributed by atoms with Gasteiger partial charge >= 0.3 is 0 Å². The second kappa shape index (κ2) is 5.47. The fourth-order valence-electron chi connectivity index (χ4n) is 2.10. The molecule has 0 aromatic heterocycles. The van der Waals surface area contributed by atoms with Gasteiger partial charge in [0.05, 0.1) is 0 Å². The molecule has 1 aromatic carbocycles. The highest BCUT2D eigenvalue weighted by atomic mass is 19.1. The second-order valence-electron chi connectivity index (χ2n) is 4.70. The fraction of sp³-hybridized carbons (Fsp3) is 0.538. The lowest BCUT2D eigenvalue weighted by Crippen LogP contribution is -2.30. The van der Waals surface area contributed by atoms with Gasteiger partial charge in [-0.3, -0.25) is 4.90 Å². The average molecular weight is 238 g/mol. The average Bonchev–Trinajstić information content (AvgIpc) is 2.61. The van der Waals surface area contributed by atoms with Crippen molar-refractivity contribution in [3.05, 3.63) is 30.1 Å². The van der Waals surface area contributed by atoms with Crippen molar-refractivity contribution < 1.29 is 9.13 Å². The first-order valence-corrected chi connectivity index (χ1v) is 6.01. The summed E-state index contributed by atoms with van der Waals surface area (Å²) in [4.78, 5) is 2.30. The molecule has 2 unspecified atom stereocenters. The van der Waals surface area contributed by atoms with E-state index >= 15 is 0 Å². The van der Waals surface area contributed by atoms with E-state index < -0.39 is 0 Å². The molecule has 2 atom stereocenters. The van der Waals surface area contributed by atoms with E-state index in [1.807, 2.05) is 0 Å². The molecule has 1 aromatic rings. The zero-order chi connectivity index (χ0) is 12.3. The summed E-state index contributed by atoms with van der Waals surface area (Å²) in [5.74, 6) is 1.03. The van der Waals surface area contributed by atoms with Crippen LogP contribution < -0.4 is 10.5 Å². The standard InChI is InChI=1S/C13H19FN2O/c1-10-8-16(9-13(10)15)6-7-17-12-4-2-11(14)3-5-12/h2-5,10,13H,6-9,15H2,1H3. The van der Waals surface area contributed by atoms with E-state index in [0.717, 1.165) is 19.6 Å². The molecule has 0 bridgehead atoms. The third kappa shape index (κ3) is 3.41. The maximum Gasteiger partial charge on any atom is 0.123 e. The monoisotopic (exact) mass is 238 g/mol. The van der Waals surface area contributed by atoms with Crippen LogP contribution in [0, 0.1) is 11.7 Å². The smallest absolute Gasteiger partial charge is 0.123 e. The van der Waals surface area contributed by atoms with Crippen LogP contribution >= 0.6 is 0 Å². The van der Waals surface area contributed by atoms with Gasteiger partial charge in [-0.25, -0.2) is 4.39 Å². The van der Waals surface area contributed by atoms with E-state index in [1.54, 1.807) is 12.1 Å². The quantitative estimate of drug-likeness (QED) is 0.863. The molecule has 94 valence electrons.